The molecule has 1 aromatic heterocycles. The average Bonchev–Trinajstić information content (AvgIpc) is 3.20. The molecule has 3 rings (SSSR count). The zero-order chi connectivity index (χ0) is 21.1. The molecule has 0 radical (unpaired) electrons. The largest absolute Gasteiger partial charge is 0.480 e. The molecule has 1 fully saturated rings. The number of aliphatic carboxylic acids is 1. The van der Waals surface area contributed by atoms with Gasteiger partial charge in [-0.15, -0.1) is 11.3 Å². The van der Waals surface area contributed by atoms with Crippen molar-refractivity contribution in [2.24, 2.45) is 5.73 Å². The summed E-state index contributed by atoms with van der Waals surface area (Å²) in [5.74, 6) is -1.57. The Morgan fingerprint density at radius 2 is 2.14 bits per heavy atom. The Morgan fingerprint density at radius 1 is 1.34 bits per heavy atom. The summed E-state index contributed by atoms with van der Waals surface area (Å²) in [6, 6.07) is 8.38. The number of hydrogen-bond acceptors (Lipinski definition) is 5. The molecule has 1 saturated heterocycles. The van der Waals surface area contributed by atoms with Crippen molar-refractivity contribution in [3.8, 4) is 10.4 Å². The van der Waals surface area contributed by atoms with Gasteiger partial charge in [-0.3, -0.25) is 14.3 Å². The number of carboxylic acid groups (broad SMARTS) is 1. The minimum atomic E-state index is -3.87. The SMILES string of the molecule is NCCCC[C@@]1(C(=O)O)CN(Cc2ccc(F)cc2-c2cccs2)CCP1(=O)O. The Morgan fingerprint density at radius 3 is 2.79 bits per heavy atom. The van der Waals surface area contributed by atoms with Crippen LogP contribution < -0.4 is 5.73 Å². The van der Waals surface area contributed by atoms with Crippen molar-refractivity contribution >= 4 is 24.7 Å². The van der Waals surface area contributed by atoms with Crippen molar-refractivity contribution in [1.29, 1.82) is 0 Å². The fourth-order valence-electron chi connectivity index (χ4n) is 3.91. The van der Waals surface area contributed by atoms with Crippen LogP contribution >= 0.6 is 18.7 Å². The van der Waals surface area contributed by atoms with E-state index in [4.69, 9.17) is 5.73 Å². The third-order valence-electron chi connectivity index (χ3n) is 5.57. The van der Waals surface area contributed by atoms with Crippen LogP contribution in [0.15, 0.2) is 35.7 Å². The van der Waals surface area contributed by atoms with Crippen molar-refractivity contribution in [2.45, 2.75) is 31.0 Å². The van der Waals surface area contributed by atoms with Crippen LogP contribution in [0.1, 0.15) is 24.8 Å². The average molecular weight is 440 g/mol. The van der Waals surface area contributed by atoms with Crippen LogP contribution in [0, 0.1) is 5.82 Å². The van der Waals surface area contributed by atoms with Crippen molar-refractivity contribution in [3.05, 3.63) is 47.1 Å². The summed E-state index contributed by atoms with van der Waals surface area (Å²) in [4.78, 5) is 25.5. The summed E-state index contributed by atoms with van der Waals surface area (Å²) in [5.41, 5.74) is 7.15. The van der Waals surface area contributed by atoms with Gasteiger partial charge < -0.3 is 15.7 Å². The molecule has 158 valence electrons. The molecule has 4 N–H and O–H groups in total. The number of thiophene rings is 1. The molecule has 0 aliphatic carbocycles. The molecule has 29 heavy (non-hydrogen) atoms. The molecule has 2 atom stereocenters. The van der Waals surface area contributed by atoms with Crippen molar-refractivity contribution in [3.63, 3.8) is 0 Å². The van der Waals surface area contributed by atoms with Gasteiger partial charge in [-0.2, -0.15) is 0 Å². The highest BCUT2D eigenvalue weighted by Crippen LogP contribution is 2.59. The highest BCUT2D eigenvalue weighted by molar-refractivity contribution is 7.61. The van der Waals surface area contributed by atoms with E-state index in [1.807, 2.05) is 22.4 Å². The number of carbonyl (C=O) groups is 1. The molecule has 9 heteroatoms. The zero-order valence-electron chi connectivity index (χ0n) is 16.1. The third kappa shape index (κ3) is 4.62. The monoisotopic (exact) mass is 440 g/mol. The second-order valence-corrected chi connectivity index (χ2v) is 11.2. The van der Waals surface area contributed by atoms with Gasteiger partial charge in [-0.1, -0.05) is 18.6 Å². The van der Waals surface area contributed by atoms with E-state index in [0.29, 0.717) is 32.5 Å². The lowest BCUT2D eigenvalue weighted by molar-refractivity contribution is -0.141. The molecule has 2 heterocycles. The number of nitrogens with zero attached hydrogens (tertiary/aromatic N) is 1. The molecule has 2 aromatic rings. The Hall–Kier alpha value is -1.57. The lowest BCUT2D eigenvalue weighted by Crippen LogP contribution is -2.53. The van der Waals surface area contributed by atoms with E-state index in [1.54, 1.807) is 6.07 Å². The van der Waals surface area contributed by atoms with Crippen LogP contribution in [0.4, 0.5) is 4.39 Å². The summed E-state index contributed by atoms with van der Waals surface area (Å²) < 4.78 is 26.7. The van der Waals surface area contributed by atoms with Crippen molar-refractivity contribution in [2.75, 3.05) is 25.8 Å². The van der Waals surface area contributed by atoms with Gasteiger partial charge in [-0.05, 0) is 54.1 Å². The first-order valence-electron chi connectivity index (χ1n) is 9.59. The molecule has 1 aromatic carbocycles. The van der Waals surface area contributed by atoms with Crippen LogP contribution in [0.2, 0.25) is 0 Å². The molecule has 1 aliphatic heterocycles. The van der Waals surface area contributed by atoms with Crippen molar-refractivity contribution in [1.82, 2.24) is 4.90 Å². The lowest BCUT2D eigenvalue weighted by Gasteiger charge is -2.43. The highest BCUT2D eigenvalue weighted by Gasteiger charge is 2.56. The molecule has 6 nitrogen and oxygen atoms in total. The number of hydrogen-bond donors (Lipinski definition) is 3. The number of rotatable bonds is 8. The van der Waals surface area contributed by atoms with Crippen LogP contribution in [0.5, 0.6) is 0 Å². The predicted octanol–water partition coefficient (Wildman–Crippen LogP) is 3.59. The molecular formula is C20H26FN2O4PS. The van der Waals surface area contributed by atoms with Gasteiger partial charge in [0.25, 0.3) is 0 Å². The van der Waals surface area contributed by atoms with E-state index in [1.165, 1.54) is 23.5 Å². The summed E-state index contributed by atoms with van der Waals surface area (Å²) in [6.45, 7) is 1.11. The van der Waals surface area contributed by atoms with Crippen molar-refractivity contribution < 1.29 is 23.7 Å². The zero-order valence-corrected chi connectivity index (χ0v) is 17.8. The van der Waals surface area contributed by atoms with Gasteiger partial charge in [0, 0.05) is 30.7 Å². The van der Waals surface area contributed by atoms with Crippen LogP contribution in [-0.2, 0) is 15.9 Å². The second-order valence-electron chi connectivity index (χ2n) is 7.50. The topological polar surface area (TPSA) is 104 Å². The molecule has 1 aliphatic rings. The fraction of sp³-hybridized carbons (Fsp3) is 0.450. The number of nitrogens with two attached hydrogens (primary N) is 1. The molecule has 0 saturated carbocycles. The lowest BCUT2D eigenvalue weighted by atomic mass is 9.98. The minimum absolute atomic E-state index is 0.0120. The van der Waals surface area contributed by atoms with Gasteiger partial charge in [0.15, 0.2) is 5.16 Å². The van der Waals surface area contributed by atoms with Crippen LogP contribution in [-0.4, -0.2) is 51.8 Å². The molecule has 0 spiro atoms. The van der Waals surface area contributed by atoms with Gasteiger partial charge in [-0.25, -0.2) is 4.39 Å². The fourth-order valence-corrected chi connectivity index (χ4v) is 6.90. The Labute approximate surface area is 173 Å². The Kier molecular flexibility index (Phi) is 6.91. The normalized spacial score (nSPS) is 25.2. The summed E-state index contributed by atoms with van der Waals surface area (Å²) in [5, 5.41) is 10.1. The maximum absolute atomic E-state index is 13.9. The first-order chi connectivity index (χ1) is 13.8. The molecular weight excluding hydrogens is 414 g/mol. The quantitative estimate of drug-likeness (QED) is 0.428. The highest BCUT2D eigenvalue weighted by atomic mass is 32.1. The summed E-state index contributed by atoms with van der Waals surface area (Å²) in [6.07, 6.45) is 1.14. The van der Waals surface area contributed by atoms with E-state index in [0.717, 1.165) is 16.0 Å². The van der Waals surface area contributed by atoms with E-state index < -0.39 is 18.5 Å². The Bertz CT molecular complexity index is 908. The Balaban J connectivity index is 1.88. The van der Waals surface area contributed by atoms with Gasteiger partial charge in [0.2, 0.25) is 7.37 Å². The van der Waals surface area contributed by atoms with Gasteiger partial charge in [0.1, 0.15) is 5.82 Å². The molecule has 0 amide bonds. The second kappa shape index (κ2) is 9.06. The van der Waals surface area contributed by atoms with E-state index in [-0.39, 0.29) is 24.9 Å². The van der Waals surface area contributed by atoms with Gasteiger partial charge >= 0.3 is 5.97 Å². The molecule has 1 unspecified atom stereocenters. The van der Waals surface area contributed by atoms with Gasteiger partial charge in [0.05, 0.1) is 0 Å². The minimum Gasteiger partial charge on any atom is -0.480 e. The number of halogens is 1. The standard InChI is InChI=1S/C20H26FN2O4PS/c21-16-6-5-15(17(12-16)18-4-3-11-29-18)13-23-9-10-28(26,27)20(14-23,19(24)25)7-1-2-8-22/h3-6,11-12H,1-2,7-10,13-14,22H2,(H,24,25)(H,26,27)/t20-/m0/s1. The smallest absolute Gasteiger partial charge is 0.320 e. The molecule has 0 bridgehead atoms. The maximum atomic E-state index is 13.9. The van der Waals surface area contributed by atoms with E-state index in [9.17, 15) is 23.7 Å². The maximum Gasteiger partial charge on any atom is 0.320 e. The predicted molar refractivity (Wildman–Crippen MR) is 113 cm³/mol. The number of carboxylic acids is 1. The first kappa shape index (κ1) is 22.1. The van der Waals surface area contributed by atoms with Crippen LogP contribution in [0.3, 0.4) is 0 Å². The summed E-state index contributed by atoms with van der Waals surface area (Å²) >= 11 is 1.50. The number of benzene rings is 1. The third-order valence-corrected chi connectivity index (χ3v) is 9.17. The first-order valence-corrected chi connectivity index (χ1v) is 12.3. The van der Waals surface area contributed by atoms with Crippen LogP contribution in [0.25, 0.3) is 10.4 Å². The van der Waals surface area contributed by atoms with E-state index in [2.05, 4.69) is 0 Å². The van der Waals surface area contributed by atoms with E-state index >= 15 is 0 Å². The summed E-state index contributed by atoms with van der Waals surface area (Å²) in [7, 11) is -3.87. The number of unbranched alkanes of at least 4 members (excludes halogenated alkanes) is 1.